The van der Waals surface area contributed by atoms with Crippen LogP contribution < -0.4 is 0 Å². The largest absolute Gasteiger partial charge is 0.456 e. The predicted octanol–water partition coefficient (Wildman–Crippen LogP) is 10.1. The van der Waals surface area contributed by atoms with Crippen molar-refractivity contribution in [2.24, 2.45) is 0 Å². The molecule has 0 bridgehead atoms. The van der Waals surface area contributed by atoms with Crippen LogP contribution in [0, 0.1) is 0 Å². The Balaban J connectivity index is 1.33. The molecule has 0 amide bonds. The third kappa shape index (κ3) is 4.65. The molecule has 202 valence electrons. The topological polar surface area (TPSA) is 51.8 Å². The second-order valence-corrected chi connectivity index (χ2v) is 9.96. The van der Waals surface area contributed by atoms with Gasteiger partial charge in [0.15, 0.2) is 17.5 Å². The normalized spacial score (nSPS) is 13.5. The van der Waals surface area contributed by atoms with E-state index < -0.39 is 18.1 Å². The summed E-state index contributed by atoms with van der Waals surface area (Å²) < 4.78 is 65.5. The van der Waals surface area contributed by atoms with Crippen LogP contribution in [0.3, 0.4) is 0 Å². The Labute approximate surface area is 258 Å². The summed E-state index contributed by atoms with van der Waals surface area (Å²) in [6, 6.07) is 32.1. The molecule has 0 saturated heterocycles. The van der Waals surface area contributed by atoms with Gasteiger partial charge in [-0.3, -0.25) is 0 Å². The molecule has 0 aliphatic carbocycles. The maximum atomic E-state index is 8.95. The van der Waals surface area contributed by atoms with E-state index in [2.05, 4.69) is 12.1 Å². The van der Waals surface area contributed by atoms with Crippen molar-refractivity contribution in [1.29, 1.82) is 0 Å². The lowest BCUT2D eigenvalue weighted by atomic mass is 9.98. The van der Waals surface area contributed by atoms with Crippen molar-refractivity contribution >= 4 is 21.9 Å². The van der Waals surface area contributed by atoms with Crippen molar-refractivity contribution < 1.29 is 14.0 Å². The van der Waals surface area contributed by atoms with Gasteiger partial charge in [-0.2, -0.15) is 0 Å². The highest BCUT2D eigenvalue weighted by atomic mass is 16.3. The van der Waals surface area contributed by atoms with Crippen LogP contribution in [0.25, 0.3) is 78.4 Å². The molecule has 0 aliphatic heterocycles. The molecule has 43 heavy (non-hydrogen) atoms. The van der Waals surface area contributed by atoms with Crippen LogP contribution in [0.4, 0.5) is 0 Å². The maximum Gasteiger partial charge on any atom is 0.164 e. The first-order valence-electron chi connectivity index (χ1n) is 17.2. The van der Waals surface area contributed by atoms with Gasteiger partial charge in [-0.25, -0.2) is 15.0 Å². The van der Waals surface area contributed by atoms with Gasteiger partial charge >= 0.3 is 0 Å². The van der Waals surface area contributed by atoms with E-state index in [0.29, 0.717) is 28.6 Å². The lowest BCUT2D eigenvalue weighted by Crippen LogP contribution is -2.00. The van der Waals surface area contributed by atoms with Gasteiger partial charge < -0.3 is 4.42 Å². The van der Waals surface area contributed by atoms with Crippen LogP contribution in [0.1, 0.15) is 9.60 Å². The number of benzene rings is 6. The second kappa shape index (κ2) is 10.5. The minimum absolute atomic E-state index is 0.0566. The molecule has 0 unspecified atom stereocenters. The number of hydrogen-bond acceptors (Lipinski definition) is 4. The van der Waals surface area contributed by atoms with Crippen molar-refractivity contribution in [2.75, 3.05) is 0 Å². The van der Waals surface area contributed by atoms with E-state index in [0.717, 1.165) is 22.3 Å². The lowest BCUT2D eigenvalue weighted by Gasteiger charge is -2.10. The van der Waals surface area contributed by atoms with Crippen molar-refractivity contribution in [3.8, 4) is 56.4 Å². The Kier molecular flexibility index (Phi) is 4.53. The summed E-state index contributed by atoms with van der Waals surface area (Å²) >= 11 is 0. The Hall–Kier alpha value is -5.87. The Bertz CT molecular complexity index is 2610. The summed E-state index contributed by atoms with van der Waals surface area (Å²) in [6.45, 7) is 0. The minimum Gasteiger partial charge on any atom is -0.456 e. The third-order valence-corrected chi connectivity index (χ3v) is 7.27. The summed E-state index contributed by atoms with van der Waals surface area (Å²) in [5, 5.41) is 0.233. The number of nitrogens with zero attached hydrogens (tertiary/aromatic N) is 3. The molecule has 0 N–H and O–H groups in total. The van der Waals surface area contributed by atoms with E-state index in [4.69, 9.17) is 29.0 Å². The van der Waals surface area contributed by atoms with Gasteiger partial charge in [0.25, 0.3) is 0 Å². The average Bonchev–Trinajstić information content (AvgIpc) is 3.57. The second-order valence-electron chi connectivity index (χ2n) is 9.96. The van der Waals surface area contributed by atoms with E-state index in [-0.39, 0.29) is 51.7 Å². The van der Waals surface area contributed by atoms with Crippen LogP contribution in [0.2, 0.25) is 0 Å². The van der Waals surface area contributed by atoms with Crippen molar-refractivity contribution in [1.82, 2.24) is 15.0 Å². The zero-order chi connectivity index (χ0) is 34.7. The molecule has 8 rings (SSSR count). The van der Waals surface area contributed by atoms with Crippen LogP contribution in [-0.4, -0.2) is 15.0 Å². The Morgan fingerprint density at radius 2 is 0.977 bits per heavy atom. The van der Waals surface area contributed by atoms with Gasteiger partial charge in [0, 0.05) is 27.5 Å². The maximum absolute atomic E-state index is 8.95. The number of aromatic nitrogens is 3. The van der Waals surface area contributed by atoms with Crippen LogP contribution in [-0.2, 0) is 0 Å². The SMILES string of the molecule is [2H]c1c([2H])c([2H])c2c(oc3c([2H])c([2H])c([2H])c(-c4cccc(-c5nc(-c6ccccc6)nc(-c6ccc(-c7ccccc7)cc6)n5)c4)c32)c1[2H]. The number of hydrogen-bond donors (Lipinski definition) is 0. The van der Waals surface area contributed by atoms with Crippen LogP contribution >= 0.6 is 0 Å². The molecule has 8 aromatic rings. The molecule has 2 heterocycles. The van der Waals surface area contributed by atoms with Gasteiger partial charge in [-0.15, -0.1) is 0 Å². The van der Waals surface area contributed by atoms with Crippen LogP contribution in [0.5, 0.6) is 0 Å². The standard InChI is InChI=1S/C39H25N3O/c1-3-11-26(12-4-1)27-21-23-29(24-22-27)38-40-37(28-13-5-2-6-14-28)41-39(42-38)31-16-9-15-30(25-31)32-18-10-20-35-36(32)33-17-7-8-19-34(33)43-35/h1-25H/i7D,8D,10D,17D,18D,19D,20D. The summed E-state index contributed by atoms with van der Waals surface area (Å²) in [5.41, 5.74) is 4.80. The fourth-order valence-electron chi connectivity index (χ4n) is 5.18. The molecule has 4 nitrogen and oxygen atoms in total. The van der Waals surface area contributed by atoms with Gasteiger partial charge in [0.05, 0.1) is 9.60 Å². The predicted molar refractivity (Wildman–Crippen MR) is 174 cm³/mol. The zero-order valence-corrected chi connectivity index (χ0v) is 22.6. The molecule has 0 fully saturated rings. The van der Waals surface area contributed by atoms with Crippen LogP contribution in [0.15, 0.2) is 156 Å². The van der Waals surface area contributed by atoms with Crippen molar-refractivity contribution in [2.45, 2.75) is 0 Å². The molecule has 4 heteroatoms. The quantitative estimate of drug-likeness (QED) is 0.211. The molecule has 0 radical (unpaired) electrons. The molecule has 0 spiro atoms. The summed E-state index contributed by atoms with van der Waals surface area (Å²) in [7, 11) is 0. The van der Waals surface area contributed by atoms with Gasteiger partial charge in [0.1, 0.15) is 11.2 Å². The number of rotatable bonds is 5. The molecule has 0 saturated carbocycles. The lowest BCUT2D eigenvalue weighted by molar-refractivity contribution is 0.669. The molecule has 6 aromatic carbocycles. The van der Waals surface area contributed by atoms with Gasteiger partial charge in [0.2, 0.25) is 0 Å². The van der Waals surface area contributed by atoms with E-state index in [1.165, 1.54) is 0 Å². The molecule has 2 aromatic heterocycles. The molecular weight excluding hydrogens is 526 g/mol. The van der Waals surface area contributed by atoms with Gasteiger partial charge in [-0.1, -0.05) is 133 Å². The smallest absolute Gasteiger partial charge is 0.164 e. The highest BCUT2D eigenvalue weighted by Gasteiger charge is 2.15. The first-order chi connectivity index (χ1) is 24.2. The highest BCUT2D eigenvalue weighted by Crippen LogP contribution is 2.37. The summed E-state index contributed by atoms with van der Waals surface area (Å²) in [4.78, 5) is 14.6. The molecule has 0 aliphatic rings. The zero-order valence-electron chi connectivity index (χ0n) is 29.6. The highest BCUT2D eigenvalue weighted by molar-refractivity contribution is 6.12. The fourth-order valence-corrected chi connectivity index (χ4v) is 5.18. The number of fused-ring (bicyclic) bond motifs is 3. The third-order valence-electron chi connectivity index (χ3n) is 7.27. The average molecular weight is 559 g/mol. The van der Waals surface area contributed by atoms with E-state index in [1.54, 1.807) is 18.2 Å². The Morgan fingerprint density at radius 3 is 1.72 bits per heavy atom. The summed E-state index contributed by atoms with van der Waals surface area (Å²) in [6.07, 6.45) is 0. The molecule has 0 atom stereocenters. The first-order valence-corrected chi connectivity index (χ1v) is 13.7. The minimum atomic E-state index is -0.469. The first kappa shape index (κ1) is 18.5. The monoisotopic (exact) mass is 558 g/mol. The van der Waals surface area contributed by atoms with Gasteiger partial charge in [-0.05, 0) is 40.4 Å². The molecular formula is C39H25N3O. The van der Waals surface area contributed by atoms with E-state index in [9.17, 15) is 0 Å². The van der Waals surface area contributed by atoms with Crippen molar-refractivity contribution in [3.63, 3.8) is 0 Å². The number of furan rings is 1. The summed E-state index contributed by atoms with van der Waals surface area (Å²) in [5.74, 6) is 1.30. The van der Waals surface area contributed by atoms with Crippen molar-refractivity contribution in [3.05, 3.63) is 151 Å². The van der Waals surface area contributed by atoms with E-state index in [1.807, 2.05) is 78.9 Å². The Morgan fingerprint density at radius 1 is 0.442 bits per heavy atom. The van der Waals surface area contributed by atoms with E-state index >= 15 is 0 Å². The fraction of sp³-hybridized carbons (Fsp3) is 0. The number of para-hydroxylation sites is 1.